The zero-order chi connectivity index (χ0) is 29.5. The number of fused-ring (bicyclic) bond motifs is 9. The van der Waals surface area contributed by atoms with Gasteiger partial charge in [-0.2, -0.15) is 0 Å². The Balaban J connectivity index is 1.25. The lowest BCUT2D eigenvalue weighted by Crippen LogP contribution is -1.94. The summed E-state index contributed by atoms with van der Waals surface area (Å²) in [5.74, 6) is 0. The molecule has 0 atom stereocenters. The minimum atomic E-state index is 1.23. The van der Waals surface area contributed by atoms with Crippen molar-refractivity contribution in [3.05, 3.63) is 152 Å². The van der Waals surface area contributed by atoms with Crippen LogP contribution in [0.25, 0.3) is 90.1 Å². The minimum absolute atomic E-state index is 1.23. The summed E-state index contributed by atoms with van der Waals surface area (Å²) in [6.07, 6.45) is 0. The van der Waals surface area contributed by atoms with Gasteiger partial charge in [-0.05, 0) is 64.7 Å². The zero-order valence-corrected chi connectivity index (χ0v) is 25.8. The van der Waals surface area contributed by atoms with E-state index in [1.165, 1.54) is 90.1 Å². The molecule has 3 aromatic heterocycles. The third-order valence-electron chi connectivity index (χ3n) is 9.21. The fraction of sp³-hybridized carbons (Fsp3) is 0. The van der Waals surface area contributed by atoms with Gasteiger partial charge in [0.05, 0.1) is 21.4 Å². The molecule has 0 aliphatic heterocycles. The van der Waals surface area contributed by atoms with E-state index in [-0.39, 0.29) is 0 Å². The number of hydrogen-bond donors (Lipinski definition) is 0. The van der Waals surface area contributed by atoms with Crippen molar-refractivity contribution in [3.8, 4) is 27.9 Å². The van der Waals surface area contributed by atoms with E-state index in [1.54, 1.807) is 0 Å². The van der Waals surface area contributed by atoms with Crippen LogP contribution in [0, 0.1) is 0 Å². The SMILES string of the molecule is c1ccc(-c2ccc3c4cc(-c5ccc6c(c5)sc5ccccc56)ccc4n(-c4cccc5c4sc4ccccc45)c3c2)cc1. The van der Waals surface area contributed by atoms with Gasteiger partial charge >= 0.3 is 0 Å². The lowest BCUT2D eigenvalue weighted by Gasteiger charge is -2.11. The maximum absolute atomic E-state index is 2.49. The summed E-state index contributed by atoms with van der Waals surface area (Å²) in [7, 11) is 0. The first-order valence-corrected chi connectivity index (χ1v) is 16.9. The maximum Gasteiger partial charge on any atom is 0.0640 e. The average Bonchev–Trinajstić information content (AvgIpc) is 3.77. The zero-order valence-electron chi connectivity index (χ0n) is 24.2. The molecule has 0 N–H and O–H groups in total. The second-order valence-electron chi connectivity index (χ2n) is 11.7. The summed E-state index contributed by atoms with van der Waals surface area (Å²) in [6.45, 7) is 0. The van der Waals surface area contributed by atoms with E-state index in [9.17, 15) is 0 Å². The number of aromatic nitrogens is 1. The molecule has 7 aromatic carbocycles. The third kappa shape index (κ3) is 3.78. The van der Waals surface area contributed by atoms with Crippen LogP contribution in [-0.2, 0) is 0 Å². The maximum atomic E-state index is 2.49. The van der Waals surface area contributed by atoms with E-state index in [2.05, 4.69) is 156 Å². The van der Waals surface area contributed by atoms with Gasteiger partial charge in [-0.1, -0.05) is 109 Å². The van der Waals surface area contributed by atoms with Gasteiger partial charge in [0.2, 0.25) is 0 Å². The van der Waals surface area contributed by atoms with E-state index < -0.39 is 0 Å². The fourth-order valence-electron chi connectivity index (χ4n) is 7.08. The predicted octanol–water partition coefficient (Wildman–Crippen LogP) is 12.9. The molecule has 1 nitrogen and oxygen atoms in total. The molecule has 0 amide bonds. The molecule has 10 aromatic rings. The number of thiophene rings is 2. The molecule has 3 heterocycles. The van der Waals surface area contributed by atoms with Crippen molar-refractivity contribution in [3.63, 3.8) is 0 Å². The van der Waals surface area contributed by atoms with Gasteiger partial charge in [0, 0.05) is 46.4 Å². The highest BCUT2D eigenvalue weighted by molar-refractivity contribution is 7.26. The number of nitrogens with zero attached hydrogens (tertiary/aromatic N) is 1. The van der Waals surface area contributed by atoms with Crippen molar-refractivity contribution in [2.75, 3.05) is 0 Å². The Kier molecular flexibility index (Phi) is 5.39. The molecule has 0 saturated carbocycles. The molecule has 45 heavy (non-hydrogen) atoms. The summed E-state index contributed by atoms with van der Waals surface area (Å²) in [5, 5.41) is 7.86. The Morgan fingerprint density at radius 3 is 1.80 bits per heavy atom. The lowest BCUT2D eigenvalue weighted by atomic mass is 10.0. The van der Waals surface area contributed by atoms with Gasteiger partial charge < -0.3 is 4.57 Å². The van der Waals surface area contributed by atoms with Gasteiger partial charge in [-0.15, -0.1) is 22.7 Å². The lowest BCUT2D eigenvalue weighted by molar-refractivity contribution is 1.20. The van der Waals surface area contributed by atoms with Crippen LogP contribution < -0.4 is 0 Å². The Morgan fingerprint density at radius 2 is 0.956 bits per heavy atom. The van der Waals surface area contributed by atoms with E-state index in [0.717, 1.165) is 0 Å². The van der Waals surface area contributed by atoms with Crippen LogP contribution in [-0.4, -0.2) is 4.57 Å². The molecule has 10 rings (SSSR count). The molecule has 0 fully saturated rings. The van der Waals surface area contributed by atoms with Gasteiger partial charge in [0.25, 0.3) is 0 Å². The summed E-state index contributed by atoms with van der Waals surface area (Å²) >= 11 is 3.76. The van der Waals surface area contributed by atoms with E-state index in [1.807, 2.05) is 22.7 Å². The molecular weight excluding hydrogens is 583 g/mol. The van der Waals surface area contributed by atoms with Crippen LogP contribution in [0.4, 0.5) is 0 Å². The predicted molar refractivity (Wildman–Crippen MR) is 197 cm³/mol. The molecule has 0 unspecified atom stereocenters. The number of hydrogen-bond acceptors (Lipinski definition) is 2. The molecule has 0 aliphatic rings. The normalized spacial score (nSPS) is 12.0. The average molecular weight is 608 g/mol. The second-order valence-corrected chi connectivity index (χ2v) is 13.9. The monoisotopic (exact) mass is 607 g/mol. The fourth-order valence-corrected chi connectivity index (χ4v) is 9.44. The van der Waals surface area contributed by atoms with Crippen LogP contribution in [0.1, 0.15) is 0 Å². The summed E-state index contributed by atoms with van der Waals surface area (Å²) in [4.78, 5) is 0. The standard InChI is InChI=1S/C42H25NS2/c1-2-9-26(10-3-1)28-17-20-30-35-23-27(29-18-21-33-31-11-4-6-15-39(31)44-41(33)25-29)19-22-36(35)43(38(30)24-28)37-14-8-13-34-32-12-5-7-16-40(32)45-42(34)37/h1-25H. The summed E-state index contributed by atoms with van der Waals surface area (Å²) in [6, 6.07) is 55.9. The van der Waals surface area contributed by atoms with Gasteiger partial charge in [0.1, 0.15) is 0 Å². The van der Waals surface area contributed by atoms with Crippen molar-refractivity contribution in [1.82, 2.24) is 4.57 Å². The largest absolute Gasteiger partial charge is 0.308 e. The van der Waals surface area contributed by atoms with Crippen molar-refractivity contribution >= 4 is 84.8 Å². The number of benzene rings is 7. The highest BCUT2D eigenvalue weighted by atomic mass is 32.1. The Labute approximate surface area is 267 Å². The van der Waals surface area contributed by atoms with Crippen molar-refractivity contribution in [2.24, 2.45) is 0 Å². The van der Waals surface area contributed by atoms with Crippen LogP contribution in [0.5, 0.6) is 0 Å². The Morgan fingerprint density at radius 1 is 0.333 bits per heavy atom. The van der Waals surface area contributed by atoms with Crippen molar-refractivity contribution in [1.29, 1.82) is 0 Å². The summed E-state index contributed by atoms with van der Waals surface area (Å²) in [5.41, 5.74) is 8.65. The van der Waals surface area contributed by atoms with Crippen molar-refractivity contribution < 1.29 is 0 Å². The van der Waals surface area contributed by atoms with Crippen LogP contribution >= 0.6 is 22.7 Å². The molecule has 210 valence electrons. The van der Waals surface area contributed by atoms with Crippen LogP contribution in [0.2, 0.25) is 0 Å². The molecule has 0 saturated heterocycles. The molecule has 0 spiro atoms. The third-order valence-corrected chi connectivity index (χ3v) is 11.6. The Hall–Kier alpha value is -5.22. The molecule has 0 bridgehead atoms. The molecular formula is C42H25NS2. The quantitative estimate of drug-likeness (QED) is 0.188. The number of rotatable bonds is 3. The molecule has 3 heteroatoms. The van der Waals surface area contributed by atoms with E-state index >= 15 is 0 Å². The topological polar surface area (TPSA) is 4.93 Å². The summed E-state index contributed by atoms with van der Waals surface area (Å²) < 4.78 is 7.81. The Bertz CT molecular complexity index is 2760. The first kappa shape index (κ1) is 25.1. The first-order valence-electron chi connectivity index (χ1n) is 15.3. The highest BCUT2D eigenvalue weighted by Crippen LogP contribution is 2.43. The minimum Gasteiger partial charge on any atom is -0.308 e. The van der Waals surface area contributed by atoms with Gasteiger partial charge in [-0.25, -0.2) is 0 Å². The molecule has 0 aliphatic carbocycles. The highest BCUT2D eigenvalue weighted by Gasteiger charge is 2.18. The van der Waals surface area contributed by atoms with Gasteiger partial charge in [-0.3, -0.25) is 0 Å². The van der Waals surface area contributed by atoms with Crippen LogP contribution in [0.3, 0.4) is 0 Å². The second kappa shape index (κ2) is 9.64. The van der Waals surface area contributed by atoms with E-state index in [0.29, 0.717) is 0 Å². The van der Waals surface area contributed by atoms with Crippen LogP contribution in [0.15, 0.2) is 152 Å². The molecule has 0 radical (unpaired) electrons. The smallest absolute Gasteiger partial charge is 0.0640 e. The van der Waals surface area contributed by atoms with Gasteiger partial charge in [0.15, 0.2) is 0 Å². The van der Waals surface area contributed by atoms with Crippen molar-refractivity contribution in [2.45, 2.75) is 0 Å². The first-order chi connectivity index (χ1) is 22.3. The van der Waals surface area contributed by atoms with E-state index in [4.69, 9.17) is 0 Å².